The van der Waals surface area contributed by atoms with Crippen LogP contribution in [0.15, 0.2) is 18.2 Å². The SMILES string of the molecule is CC1OCCC1Nc1cc(F)cc(Cl)c1. The largest absolute Gasteiger partial charge is 0.379 e. The third-order valence-corrected chi connectivity index (χ3v) is 2.81. The van der Waals surface area contributed by atoms with E-state index in [1.165, 1.54) is 12.1 Å². The summed E-state index contributed by atoms with van der Waals surface area (Å²) in [6.45, 7) is 2.76. The van der Waals surface area contributed by atoms with Gasteiger partial charge in [-0.15, -0.1) is 0 Å². The molecule has 2 unspecified atom stereocenters. The fourth-order valence-electron chi connectivity index (χ4n) is 1.77. The first-order valence-corrected chi connectivity index (χ1v) is 5.37. The van der Waals surface area contributed by atoms with Gasteiger partial charge < -0.3 is 10.1 Å². The quantitative estimate of drug-likeness (QED) is 0.842. The first kappa shape index (κ1) is 10.7. The zero-order valence-electron chi connectivity index (χ0n) is 8.47. The van der Waals surface area contributed by atoms with Crippen molar-refractivity contribution in [2.24, 2.45) is 0 Å². The average Bonchev–Trinajstić information content (AvgIpc) is 2.50. The summed E-state index contributed by atoms with van der Waals surface area (Å²) in [7, 11) is 0. The van der Waals surface area contributed by atoms with E-state index >= 15 is 0 Å². The lowest BCUT2D eigenvalue weighted by atomic mass is 10.1. The lowest BCUT2D eigenvalue weighted by Crippen LogP contribution is -2.26. The maximum absolute atomic E-state index is 13.0. The summed E-state index contributed by atoms with van der Waals surface area (Å²) < 4.78 is 18.5. The van der Waals surface area contributed by atoms with E-state index in [0.29, 0.717) is 10.7 Å². The van der Waals surface area contributed by atoms with Crippen molar-refractivity contribution in [1.82, 2.24) is 0 Å². The van der Waals surface area contributed by atoms with Crippen LogP contribution in [0.1, 0.15) is 13.3 Å². The Morgan fingerprint density at radius 1 is 1.47 bits per heavy atom. The molecule has 82 valence electrons. The average molecular weight is 230 g/mol. The molecule has 1 N–H and O–H groups in total. The minimum atomic E-state index is -0.323. The molecule has 0 bridgehead atoms. The van der Waals surface area contributed by atoms with Crippen LogP contribution in [0.25, 0.3) is 0 Å². The van der Waals surface area contributed by atoms with Gasteiger partial charge in [0, 0.05) is 17.3 Å². The number of ether oxygens (including phenoxy) is 1. The van der Waals surface area contributed by atoms with Crippen LogP contribution in [-0.2, 0) is 4.74 Å². The minimum Gasteiger partial charge on any atom is -0.379 e. The van der Waals surface area contributed by atoms with Crippen molar-refractivity contribution < 1.29 is 9.13 Å². The second kappa shape index (κ2) is 4.37. The van der Waals surface area contributed by atoms with E-state index < -0.39 is 0 Å². The highest BCUT2D eigenvalue weighted by molar-refractivity contribution is 6.30. The Labute approximate surface area is 93.4 Å². The number of benzene rings is 1. The van der Waals surface area contributed by atoms with Gasteiger partial charge >= 0.3 is 0 Å². The lowest BCUT2D eigenvalue weighted by molar-refractivity contribution is 0.121. The molecule has 0 saturated carbocycles. The summed E-state index contributed by atoms with van der Waals surface area (Å²) in [5.74, 6) is -0.323. The van der Waals surface area contributed by atoms with Crippen molar-refractivity contribution >= 4 is 17.3 Å². The summed E-state index contributed by atoms with van der Waals surface area (Å²) in [6, 6.07) is 4.69. The van der Waals surface area contributed by atoms with E-state index in [-0.39, 0.29) is 18.0 Å². The normalized spacial score (nSPS) is 25.5. The van der Waals surface area contributed by atoms with Crippen LogP contribution in [-0.4, -0.2) is 18.8 Å². The van der Waals surface area contributed by atoms with Gasteiger partial charge in [0.05, 0.1) is 12.1 Å². The molecule has 15 heavy (non-hydrogen) atoms. The summed E-state index contributed by atoms with van der Waals surface area (Å²) in [4.78, 5) is 0. The van der Waals surface area contributed by atoms with Crippen molar-refractivity contribution in [3.63, 3.8) is 0 Å². The molecule has 4 heteroatoms. The molecule has 0 aromatic heterocycles. The van der Waals surface area contributed by atoms with Crippen molar-refractivity contribution in [3.05, 3.63) is 29.0 Å². The highest BCUT2D eigenvalue weighted by atomic mass is 35.5. The summed E-state index contributed by atoms with van der Waals surface area (Å²) >= 11 is 5.76. The topological polar surface area (TPSA) is 21.3 Å². The monoisotopic (exact) mass is 229 g/mol. The number of rotatable bonds is 2. The van der Waals surface area contributed by atoms with Crippen LogP contribution in [0, 0.1) is 5.82 Å². The summed E-state index contributed by atoms with van der Waals surface area (Å²) in [5.41, 5.74) is 0.711. The Hall–Kier alpha value is -0.800. The molecule has 0 spiro atoms. The van der Waals surface area contributed by atoms with Crippen molar-refractivity contribution in [1.29, 1.82) is 0 Å². The van der Waals surface area contributed by atoms with Gasteiger partial charge in [-0.25, -0.2) is 4.39 Å². The molecule has 2 atom stereocenters. The smallest absolute Gasteiger partial charge is 0.126 e. The molecule has 1 aliphatic rings. The van der Waals surface area contributed by atoms with Crippen molar-refractivity contribution in [2.75, 3.05) is 11.9 Å². The van der Waals surface area contributed by atoms with Crippen molar-refractivity contribution in [3.8, 4) is 0 Å². The number of nitrogens with one attached hydrogen (secondary N) is 1. The fourth-order valence-corrected chi connectivity index (χ4v) is 1.99. The molecule has 0 amide bonds. The summed E-state index contributed by atoms with van der Waals surface area (Å²) in [6.07, 6.45) is 1.10. The molecule has 2 nitrogen and oxygen atoms in total. The summed E-state index contributed by atoms with van der Waals surface area (Å²) in [5, 5.41) is 3.63. The van der Waals surface area contributed by atoms with Crippen LogP contribution in [0.4, 0.5) is 10.1 Å². The molecule has 1 heterocycles. The Kier molecular flexibility index (Phi) is 3.12. The highest BCUT2D eigenvalue weighted by Gasteiger charge is 2.23. The standard InChI is InChI=1S/C11H13ClFNO/c1-7-11(2-3-15-7)14-10-5-8(12)4-9(13)6-10/h4-7,11,14H,2-3H2,1H3. The number of anilines is 1. The molecule has 2 rings (SSSR count). The van der Waals surface area contributed by atoms with Gasteiger partial charge in [-0.05, 0) is 31.5 Å². The van der Waals surface area contributed by atoms with Gasteiger partial charge in [-0.3, -0.25) is 0 Å². The zero-order chi connectivity index (χ0) is 10.8. The molecule has 1 saturated heterocycles. The minimum absolute atomic E-state index is 0.159. The first-order chi connectivity index (χ1) is 7.15. The fraction of sp³-hybridized carbons (Fsp3) is 0.455. The number of hydrogen-bond acceptors (Lipinski definition) is 2. The zero-order valence-corrected chi connectivity index (χ0v) is 9.22. The maximum Gasteiger partial charge on any atom is 0.126 e. The first-order valence-electron chi connectivity index (χ1n) is 4.99. The number of hydrogen-bond donors (Lipinski definition) is 1. The lowest BCUT2D eigenvalue weighted by Gasteiger charge is -2.17. The van der Waals surface area contributed by atoms with Crippen LogP contribution in [0.3, 0.4) is 0 Å². The van der Waals surface area contributed by atoms with Gasteiger partial charge in [0.2, 0.25) is 0 Å². The third kappa shape index (κ3) is 2.61. The van der Waals surface area contributed by atoms with E-state index in [4.69, 9.17) is 16.3 Å². The Morgan fingerprint density at radius 3 is 2.87 bits per heavy atom. The van der Waals surface area contributed by atoms with Gasteiger partial charge in [0.25, 0.3) is 0 Å². The molecule has 0 aliphatic carbocycles. The van der Waals surface area contributed by atoms with E-state index in [1.54, 1.807) is 6.07 Å². The Bertz CT molecular complexity index is 338. The predicted molar refractivity (Wildman–Crippen MR) is 58.9 cm³/mol. The molecule has 1 aliphatic heterocycles. The van der Waals surface area contributed by atoms with Crippen LogP contribution in [0.2, 0.25) is 5.02 Å². The highest BCUT2D eigenvalue weighted by Crippen LogP contribution is 2.22. The van der Waals surface area contributed by atoms with E-state index in [1.807, 2.05) is 6.92 Å². The van der Waals surface area contributed by atoms with Gasteiger partial charge in [-0.2, -0.15) is 0 Å². The second-order valence-electron chi connectivity index (χ2n) is 3.77. The molecule has 0 radical (unpaired) electrons. The molecule has 1 aromatic carbocycles. The Morgan fingerprint density at radius 2 is 2.27 bits per heavy atom. The Balaban J connectivity index is 2.10. The second-order valence-corrected chi connectivity index (χ2v) is 4.21. The maximum atomic E-state index is 13.0. The van der Waals surface area contributed by atoms with Gasteiger partial charge in [0.15, 0.2) is 0 Å². The van der Waals surface area contributed by atoms with E-state index in [0.717, 1.165) is 13.0 Å². The van der Waals surface area contributed by atoms with Crippen molar-refractivity contribution in [2.45, 2.75) is 25.5 Å². The molecular formula is C11H13ClFNO. The van der Waals surface area contributed by atoms with Crippen LogP contribution in [0.5, 0.6) is 0 Å². The molecular weight excluding hydrogens is 217 g/mol. The van der Waals surface area contributed by atoms with Crippen LogP contribution >= 0.6 is 11.6 Å². The molecule has 1 aromatic rings. The number of halogens is 2. The van der Waals surface area contributed by atoms with E-state index in [2.05, 4.69) is 5.32 Å². The van der Waals surface area contributed by atoms with Gasteiger partial charge in [0.1, 0.15) is 5.82 Å². The van der Waals surface area contributed by atoms with E-state index in [9.17, 15) is 4.39 Å². The molecule has 1 fully saturated rings. The third-order valence-electron chi connectivity index (χ3n) is 2.59. The van der Waals surface area contributed by atoms with Crippen LogP contribution < -0.4 is 5.32 Å². The predicted octanol–water partition coefficient (Wildman–Crippen LogP) is 3.07. The van der Waals surface area contributed by atoms with Gasteiger partial charge in [-0.1, -0.05) is 11.6 Å².